The number of hydrogen-bond donors (Lipinski definition) is 1. The largest absolute Gasteiger partial charge is 0.477 e. The third-order valence-electron chi connectivity index (χ3n) is 3.94. The number of rotatable bonds is 4. The maximum atomic E-state index is 11.3. The van der Waals surface area contributed by atoms with E-state index in [0.717, 1.165) is 39.1 Å². The van der Waals surface area contributed by atoms with Crippen molar-refractivity contribution in [2.75, 3.05) is 31.1 Å². The molecule has 0 atom stereocenters. The SMILES string of the molecule is O=C(O)c1cncnc1N1CCCN(Cc2cccnc2)CC1. The van der Waals surface area contributed by atoms with Gasteiger partial charge in [-0.2, -0.15) is 0 Å². The molecule has 0 aromatic carbocycles. The number of anilines is 1. The third kappa shape index (κ3) is 3.81. The number of pyridine rings is 1. The Morgan fingerprint density at radius 3 is 2.87 bits per heavy atom. The number of nitrogens with zero attached hydrogens (tertiary/aromatic N) is 5. The molecule has 2 aromatic heterocycles. The summed E-state index contributed by atoms with van der Waals surface area (Å²) in [7, 11) is 0. The van der Waals surface area contributed by atoms with Crippen LogP contribution in [0, 0.1) is 0 Å². The van der Waals surface area contributed by atoms with Crippen molar-refractivity contribution in [1.82, 2.24) is 19.9 Å². The number of hydrogen-bond acceptors (Lipinski definition) is 6. The molecule has 1 aliphatic heterocycles. The Morgan fingerprint density at radius 1 is 1.17 bits per heavy atom. The first-order valence-corrected chi connectivity index (χ1v) is 7.63. The van der Waals surface area contributed by atoms with Crippen LogP contribution in [0.3, 0.4) is 0 Å². The number of carboxylic acids is 1. The van der Waals surface area contributed by atoms with Gasteiger partial charge in [-0.25, -0.2) is 14.8 Å². The molecule has 7 nitrogen and oxygen atoms in total. The predicted molar refractivity (Wildman–Crippen MR) is 85.3 cm³/mol. The van der Waals surface area contributed by atoms with Gasteiger partial charge in [0.05, 0.1) is 0 Å². The molecule has 0 bridgehead atoms. The van der Waals surface area contributed by atoms with E-state index in [9.17, 15) is 9.90 Å². The number of carbonyl (C=O) groups is 1. The molecule has 0 aliphatic carbocycles. The zero-order valence-corrected chi connectivity index (χ0v) is 12.8. The van der Waals surface area contributed by atoms with E-state index in [1.54, 1.807) is 6.20 Å². The summed E-state index contributed by atoms with van der Waals surface area (Å²) in [6, 6.07) is 4.02. The van der Waals surface area contributed by atoms with Crippen molar-refractivity contribution in [2.45, 2.75) is 13.0 Å². The maximum Gasteiger partial charge on any atom is 0.341 e. The molecule has 1 fully saturated rings. The molecular weight excluding hydrogens is 294 g/mol. The van der Waals surface area contributed by atoms with Gasteiger partial charge >= 0.3 is 5.97 Å². The number of carboxylic acid groups (broad SMARTS) is 1. The van der Waals surface area contributed by atoms with Crippen molar-refractivity contribution < 1.29 is 9.90 Å². The molecule has 0 unspecified atom stereocenters. The van der Waals surface area contributed by atoms with Crippen LogP contribution >= 0.6 is 0 Å². The Kier molecular flexibility index (Phi) is 4.77. The number of aromatic nitrogens is 3. The topological polar surface area (TPSA) is 82.4 Å². The molecule has 23 heavy (non-hydrogen) atoms. The van der Waals surface area contributed by atoms with Crippen LogP contribution in [0.5, 0.6) is 0 Å². The minimum absolute atomic E-state index is 0.160. The normalized spacial score (nSPS) is 16.1. The van der Waals surface area contributed by atoms with Crippen LogP contribution in [0.2, 0.25) is 0 Å². The standard InChI is InChI=1S/C16H19N5O2/c22-16(23)14-10-18-12-19-15(14)21-6-2-5-20(7-8-21)11-13-3-1-4-17-9-13/h1,3-4,9-10,12H,2,5-8,11H2,(H,22,23). The van der Waals surface area contributed by atoms with Gasteiger partial charge in [-0.05, 0) is 18.1 Å². The van der Waals surface area contributed by atoms with Gasteiger partial charge in [-0.1, -0.05) is 6.07 Å². The molecule has 7 heteroatoms. The first-order chi connectivity index (χ1) is 11.2. The van der Waals surface area contributed by atoms with Crippen molar-refractivity contribution in [3.8, 4) is 0 Å². The second kappa shape index (κ2) is 7.15. The van der Waals surface area contributed by atoms with E-state index in [4.69, 9.17) is 0 Å². The van der Waals surface area contributed by atoms with Crippen LogP contribution in [0.1, 0.15) is 22.3 Å². The second-order valence-electron chi connectivity index (χ2n) is 5.54. The fraction of sp³-hybridized carbons (Fsp3) is 0.375. The first-order valence-electron chi connectivity index (χ1n) is 7.63. The van der Waals surface area contributed by atoms with E-state index < -0.39 is 5.97 Å². The van der Waals surface area contributed by atoms with E-state index in [1.165, 1.54) is 18.1 Å². The highest BCUT2D eigenvalue weighted by Gasteiger charge is 2.21. The van der Waals surface area contributed by atoms with Gasteiger partial charge in [0.15, 0.2) is 0 Å². The van der Waals surface area contributed by atoms with Gasteiger partial charge in [0.2, 0.25) is 0 Å². The Labute approximate surface area is 134 Å². The zero-order chi connectivity index (χ0) is 16.1. The third-order valence-corrected chi connectivity index (χ3v) is 3.94. The zero-order valence-electron chi connectivity index (χ0n) is 12.8. The molecule has 1 saturated heterocycles. The highest BCUT2D eigenvalue weighted by Crippen LogP contribution is 2.18. The molecule has 120 valence electrons. The summed E-state index contributed by atoms with van der Waals surface area (Å²) in [5.74, 6) is -0.479. The summed E-state index contributed by atoms with van der Waals surface area (Å²) in [6.07, 6.45) is 7.39. The summed E-state index contributed by atoms with van der Waals surface area (Å²) >= 11 is 0. The van der Waals surface area contributed by atoms with Crippen LogP contribution in [-0.2, 0) is 6.54 Å². The lowest BCUT2D eigenvalue weighted by Gasteiger charge is -2.23. The molecule has 0 amide bonds. The first kappa shape index (κ1) is 15.4. The lowest BCUT2D eigenvalue weighted by atomic mass is 10.2. The van der Waals surface area contributed by atoms with E-state index >= 15 is 0 Å². The molecule has 3 heterocycles. The minimum Gasteiger partial charge on any atom is -0.477 e. The molecule has 1 N–H and O–H groups in total. The molecule has 1 aliphatic rings. The fourth-order valence-corrected chi connectivity index (χ4v) is 2.82. The van der Waals surface area contributed by atoms with Gasteiger partial charge < -0.3 is 10.0 Å². The molecule has 0 spiro atoms. The predicted octanol–water partition coefficient (Wildman–Crippen LogP) is 1.28. The van der Waals surface area contributed by atoms with Crippen molar-refractivity contribution in [3.05, 3.63) is 48.2 Å². The monoisotopic (exact) mass is 313 g/mol. The lowest BCUT2D eigenvalue weighted by molar-refractivity contribution is 0.0696. The van der Waals surface area contributed by atoms with Crippen molar-refractivity contribution >= 4 is 11.8 Å². The van der Waals surface area contributed by atoms with Crippen molar-refractivity contribution in [3.63, 3.8) is 0 Å². The smallest absolute Gasteiger partial charge is 0.341 e. The van der Waals surface area contributed by atoms with Crippen LogP contribution in [0.15, 0.2) is 37.1 Å². The van der Waals surface area contributed by atoms with Crippen LogP contribution < -0.4 is 4.90 Å². The van der Waals surface area contributed by atoms with Crippen molar-refractivity contribution in [2.24, 2.45) is 0 Å². The summed E-state index contributed by atoms with van der Waals surface area (Å²) < 4.78 is 0. The molecule has 2 aromatic rings. The Hall–Kier alpha value is -2.54. The van der Waals surface area contributed by atoms with Gasteiger partial charge in [-0.15, -0.1) is 0 Å². The lowest BCUT2D eigenvalue weighted by Crippen LogP contribution is -2.32. The Bertz CT molecular complexity index is 665. The average molecular weight is 313 g/mol. The molecular formula is C16H19N5O2. The summed E-state index contributed by atoms with van der Waals surface area (Å²) in [5, 5.41) is 9.29. The van der Waals surface area contributed by atoms with Crippen molar-refractivity contribution in [1.29, 1.82) is 0 Å². The van der Waals surface area contributed by atoms with E-state index in [0.29, 0.717) is 5.82 Å². The molecule has 3 rings (SSSR count). The quantitative estimate of drug-likeness (QED) is 0.910. The Balaban J connectivity index is 1.68. The Morgan fingerprint density at radius 2 is 2.09 bits per heavy atom. The minimum atomic E-state index is -0.989. The van der Waals surface area contributed by atoms with E-state index in [2.05, 4.69) is 25.9 Å². The highest BCUT2D eigenvalue weighted by atomic mass is 16.4. The van der Waals surface area contributed by atoms with E-state index in [1.807, 2.05) is 17.2 Å². The van der Waals surface area contributed by atoms with Crippen LogP contribution in [0.25, 0.3) is 0 Å². The molecule has 0 radical (unpaired) electrons. The summed E-state index contributed by atoms with van der Waals surface area (Å²) in [4.78, 5) is 27.9. The molecule has 0 saturated carbocycles. The summed E-state index contributed by atoms with van der Waals surface area (Å²) in [6.45, 7) is 4.23. The van der Waals surface area contributed by atoms with E-state index in [-0.39, 0.29) is 5.56 Å². The van der Waals surface area contributed by atoms with Crippen LogP contribution in [0.4, 0.5) is 5.82 Å². The number of aromatic carboxylic acids is 1. The van der Waals surface area contributed by atoms with Gasteiger partial charge in [-0.3, -0.25) is 9.88 Å². The van der Waals surface area contributed by atoms with Crippen LogP contribution in [-0.4, -0.2) is 57.1 Å². The van der Waals surface area contributed by atoms with Gasteiger partial charge in [0, 0.05) is 51.3 Å². The van der Waals surface area contributed by atoms with Gasteiger partial charge in [0.1, 0.15) is 17.7 Å². The van der Waals surface area contributed by atoms with Gasteiger partial charge in [0.25, 0.3) is 0 Å². The second-order valence-corrected chi connectivity index (χ2v) is 5.54. The fourth-order valence-electron chi connectivity index (χ4n) is 2.82. The summed E-state index contributed by atoms with van der Waals surface area (Å²) in [5.41, 5.74) is 1.35. The highest BCUT2D eigenvalue weighted by molar-refractivity contribution is 5.92. The maximum absolute atomic E-state index is 11.3. The average Bonchev–Trinajstić information content (AvgIpc) is 2.81.